The number of hydrogen-bond donors (Lipinski definition) is 1. The highest BCUT2D eigenvalue weighted by atomic mass is 35.5. The van der Waals surface area contributed by atoms with Gasteiger partial charge in [0, 0.05) is 30.3 Å². The van der Waals surface area contributed by atoms with E-state index in [9.17, 15) is 9.59 Å². The Kier molecular flexibility index (Phi) is 11.9. The van der Waals surface area contributed by atoms with Gasteiger partial charge in [-0.2, -0.15) is 0 Å². The minimum atomic E-state index is -0.632. The number of amides is 2. The largest absolute Gasteiger partial charge is 0.497 e. The van der Waals surface area contributed by atoms with Gasteiger partial charge in [0.15, 0.2) is 0 Å². The fourth-order valence-corrected chi connectivity index (χ4v) is 5.04. The Labute approximate surface area is 229 Å². The van der Waals surface area contributed by atoms with Crippen molar-refractivity contribution in [3.8, 4) is 5.75 Å². The van der Waals surface area contributed by atoms with Crippen molar-refractivity contribution in [1.82, 2.24) is 10.2 Å². The number of unbranched alkanes of at least 4 members (excludes halogenated alkanes) is 1. The van der Waals surface area contributed by atoms with Gasteiger partial charge in [0.05, 0.1) is 12.9 Å². The summed E-state index contributed by atoms with van der Waals surface area (Å²) >= 11 is 7.78. The van der Waals surface area contributed by atoms with Crippen molar-refractivity contribution in [3.05, 3.63) is 101 Å². The highest BCUT2D eigenvalue weighted by molar-refractivity contribution is 7.99. The highest BCUT2D eigenvalue weighted by Gasteiger charge is 2.30. The second-order valence-corrected chi connectivity index (χ2v) is 10.3. The zero-order chi connectivity index (χ0) is 26.5. The third-order valence-electron chi connectivity index (χ3n) is 6.00. The first-order chi connectivity index (χ1) is 18.0. The predicted molar refractivity (Wildman–Crippen MR) is 153 cm³/mol. The van der Waals surface area contributed by atoms with E-state index in [1.807, 2.05) is 72.8 Å². The van der Waals surface area contributed by atoms with Crippen molar-refractivity contribution in [3.63, 3.8) is 0 Å². The molecule has 3 aromatic rings. The fourth-order valence-electron chi connectivity index (χ4n) is 3.95. The van der Waals surface area contributed by atoms with Crippen LogP contribution in [0.5, 0.6) is 5.75 Å². The van der Waals surface area contributed by atoms with Gasteiger partial charge < -0.3 is 15.0 Å². The molecule has 0 unspecified atom stereocenters. The summed E-state index contributed by atoms with van der Waals surface area (Å²) in [5.41, 5.74) is 3.01. The number of hydrogen-bond acceptors (Lipinski definition) is 4. The molecule has 196 valence electrons. The second-order valence-electron chi connectivity index (χ2n) is 8.84. The molecule has 3 aromatic carbocycles. The summed E-state index contributed by atoms with van der Waals surface area (Å²) in [5.74, 6) is 1.54. The van der Waals surface area contributed by atoms with Crippen LogP contribution in [0.3, 0.4) is 0 Å². The average Bonchev–Trinajstić information content (AvgIpc) is 2.91. The molecule has 0 saturated heterocycles. The Morgan fingerprint density at radius 2 is 1.70 bits per heavy atom. The number of nitrogens with zero attached hydrogens (tertiary/aromatic N) is 1. The molecule has 3 rings (SSSR count). The molecule has 1 N–H and O–H groups in total. The zero-order valence-electron chi connectivity index (χ0n) is 21.5. The van der Waals surface area contributed by atoms with Gasteiger partial charge in [-0.15, -0.1) is 11.8 Å². The van der Waals surface area contributed by atoms with E-state index in [2.05, 4.69) is 12.2 Å². The molecule has 0 aliphatic carbocycles. The van der Waals surface area contributed by atoms with Gasteiger partial charge in [0.2, 0.25) is 11.8 Å². The maximum Gasteiger partial charge on any atom is 0.243 e. The van der Waals surface area contributed by atoms with Crippen molar-refractivity contribution in [2.45, 2.75) is 44.5 Å². The van der Waals surface area contributed by atoms with Crippen LogP contribution in [0.1, 0.15) is 36.5 Å². The molecule has 0 bridgehead atoms. The quantitative estimate of drug-likeness (QED) is 0.250. The van der Waals surface area contributed by atoms with E-state index in [4.69, 9.17) is 16.3 Å². The average molecular weight is 539 g/mol. The van der Waals surface area contributed by atoms with E-state index in [1.54, 1.807) is 18.1 Å². The molecule has 0 aromatic heterocycles. The van der Waals surface area contributed by atoms with E-state index in [1.165, 1.54) is 11.8 Å². The smallest absolute Gasteiger partial charge is 0.243 e. The molecule has 5 nitrogen and oxygen atoms in total. The summed E-state index contributed by atoms with van der Waals surface area (Å²) in [7, 11) is 1.64. The number of thioether (sulfide) groups is 1. The van der Waals surface area contributed by atoms with Crippen molar-refractivity contribution in [2.75, 3.05) is 19.4 Å². The summed E-state index contributed by atoms with van der Waals surface area (Å²) in [6.07, 6.45) is 2.31. The van der Waals surface area contributed by atoms with Crippen molar-refractivity contribution in [1.29, 1.82) is 0 Å². The number of ether oxygens (including phenoxy) is 1. The summed E-state index contributed by atoms with van der Waals surface area (Å²) in [6, 6.07) is 24.5. The van der Waals surface area contributed by atoms with Gasteiger partial charge in [-0.1, -0.05) is 79.5 Å². The van der Waals surface area contributed by atoms with Gasteiger partial charge in [-0.25, -0.2) is 0 Å². The van der Waals surface area contributed by atoms with Gasteiger partial charge in [0.25, 0.3) is 0 Å². The first-order valence-corrected chi connectivity index (χ1v) is 14.1. The van der Waals surface area contributed by atoms with Crippen LogP contribution in [0.4, 0.5) is 0 Å². The number of benzene rings is 3. The molecule has 0 spiro atoms. The summed E-state index contributed by atoms with van der Waals surface area (Å²) in [6.45, 7) is 2.98. The van der Waals surface area contributed by atoms with Gasteiger partial charge in [0.1, 0.15) is 11.8 Å². The molecule has 0 saturated carbocycles. The topological polar surface area (TPSA) is 58.6 Å². The lowest BCUT2D eigenvalue weighted by Crippen LogP contribution is -2.51. The molecular weight excluding hydrogens is 504 g/mol. The van der Waals surface area contributed by atoms with Crippen LogP contribution in [-0.2, 0) is 28.3 Å². The second kappa shape index (κ2) is 15.3. The number of methoxy groups -OCH3 is 1. The summed E-state index contributed by atoms with van der Waals surface area (Å²) < 4.78 is 5.23. The molecule has 0 aliphatic rings. The molecule has 0 heterocycles. The molecule has 0 aliphatic heterocycles. The molecule has 37 heavy (non-hydrogen) atoms. The van der Waals surface area contributed by atoms with E-state index in [-0.39, 0.29) is 17.6 Å². The highest BCUT2D eigenvalue weighted by Crippen LogP contribution is 2.21. The van der Waals surface area contributed by atoms with E-state index in [0.29, 0.717) is 30.3 Å². The van der Waals surface area contributed by atoms with Crippen molar-refractivity contribution < 1.29 is 14.3 Å². The molecule has 2 amide bonds. The van der Waals surface area contributed by atoms with Crippen LogP contribution in [0.15, 0.2) is 78.9 Å². The number of carbonyl (C=O) groups is 2. The van der Waals surface area contributed by atoms with E-state index >= 15 is 0 Å². The third kappa shape index (κ3) is 9.45. The number of nitrogens with one attached hydrogen (secondary N) is 1. The SMILES string of the molecule is CCCCNC(=O)[C@H](Cc1ccccc1)N(Cc1cccc(Cl)c1)C(=O)CSCc1ccc(OC)cc1. The van der Waals surface area contributed by atoms with Crippen LogP contribution >= 0.6 is 23.4 Å². The lowest BCUT2D eigenvalue weighted by atomic mass is 10.0. The Morgan fingerprint density at radius 1 is 0.973 bits per heavy atom. The number of carbonyl (C=O) groups excluding carboxylic acids is 2. The fraction of sp³-hybridized carbons (Fsp3) is 0.333. The van der Waals surface area contributed by atoms with Crippen LogP contribution in [0, 0.1) is 0 Å². The van der Waals surface area contributed by atoms with Crippen molar-refractivity contribution in [2.24, 2.45) is 0 Å². The predicted octanol–water partition coefficient (Wildman–Crippen LogP) is 6.14. The molecular formula is C30H35ClN2O3S. The maximum atomic E-state index is 13.7. The molecule has 0 radical (unpaired) electrons. The lowest BCUT2D eigenvalue weighted by Gasteiger charge is -2.31. The standard InChI is InChI=1S/C30H35ClN2O3S/c1-3-4-17-32-30(35)28(19-23-9-6-5-7-10-23)33(20-25-11-8-12-26(31)18-25)29(34)22-37-21-24-13-15-27(36-2)16-14-24/h5-16,18,28H,3-4,17,19-22H2,1-2H3,(H,32,35)/t28-/m0/s1. The van der Waals surface area contributed by atoms with Crippen LogP contribution < -0.4 is 10.1 Å². The Bertz CT molecular complexity index is 1130. The lowest BCUT2D eigenvalue weighted by molar-refractivity contribution is -0.139. The minimum absolute atomic E-state index is 0.0786. The van der Waals surface area contributed by atoms with Gasteiger partial charge in [-0.05, 0) is 47.4 Å². The first-order valence-electron chi connectivity index (χ1n) is 12.6. The zero-order valence-corrected chi connectivity index (χ0v) is 23.1. The van der Waals surface area contributed by atoms with E-state index < -0.39 is 6.04 Å². The Morgan fingerprint density at radius 3 is 2.38 bits per heavy atom. The first kappa shape index (κ1) is 28.6. The monoisotopic (exact) mass is 538 g/mol. The summed E-state index contributed by atoms with van der Waals surface area (Å²) in [5, 5.41) is 3.65. The Balaban J connectivity index is 1.81. The van der Waals surface area contributed by atoms with Crippen molar-refractivity contribution >= 4 is 35.2 Å². The Hall–Kier alpha value is -2.96. The minimum Gasteiger partial charge on any atom is -0.497 e. The van der Waals surface area contributed by atoms with Crippen LogP contribution in [-0.4, -0.2) is 42.2 Å². The molecule has 0 fully saturated rings. The number of rotatable bonds is 14. The molecule has 1 atom stereocenters. The van der Waals surface area contributed by atoms with E-state index in [0.717, 1.165) is 35.3 Å². The summed E-state index contributed by atoms with van der Waals surface area (Å²) in [4.78, 5) is 28.8. The normalized spacial score (nSPS) is 11.5. The third-order valence-corrected chi connectivity index (χ3v) is 7.22. The van der Waals surface area contributed by atoms with Gasteiger partial charge in [-0.3, -0.25) is 9.59 Å². The van der Waals surface area contributed by atoms with Crippen LogP contribution in [0.25, 0.3) is 0 Å². The van der Waals surface area contributed by atoms with Gasteiger partial charge >= 0.3 is 0 Å². The molecule has 7 heteroatoms. The number of halogens is 1. The maximum absolute atomic E-state index is 13.7. The van der Waals surface area contributed by atoms with Crippen LogP contribution in [0.2, 0.25) is 5.02 Å².